The summed E-state index contributed by atoms with van der Waals surface area (Å²) in [4.78, 5) is 53.1. The van der Waals surface area contributed by atoms with Gasteiger partial charge >= 0.3 is 0 Å². The van der Waals surface area contributed by atoms with E-state index in [1.54, 1.807) is 29.2 Å². The number of para-hydroxylation sites is 1. The van der Waals surface area contributed by atoms with Crippen molar-refractivity contribution in [2.75, 3.05) is 11.4 Å². The summed E-state index contributed by atoms with van der Waals surface area (Å²) in [5.74, 6) is -2.36. The number of amides is 4. The average molecular weight is 424 g/mol. The molecular weight excluding hydrogens is 403 g/mol. The molecule has 31 heavy (non-hydrogen) atoms. The van der Waals surface area contributed by atoms with Gasteiger partial charge in [0.15, 0.2) is 0 Å². The van der Waals surface area contributed by atoms with E-state index in [0.717, 1.165) is 6.07 Å². The van der Waals surface area contributed by atoms with Gasteiger partial charge in [0, 0.05) is 19.4 Å². The van der Waals surface area contributed by atoms with Crippen LogP contribution in [0.1, 0.15) is 46.9 Å². The number of hydrogen-bond donors (Lipinski definition) is 2. The van der Waals surface area contributed by atoms with Gasteiger partial charge in [-0.1, -0.05) is 24.3 Å². The third kappa shape index (κ3) is 3.52. The summed E-state index contributed by atoms with van der Waals surface area (Å²) in [6.07, 6.45) is 0.653. The molecule has 0 aliphatic carbocycles. The van der Waals surface area contributed by atoms with Crippen molar-refractivity contribution in [2.45, 2.75) is 31.8 Å². The Morgan fingerprint density at radius 2 is 1.77 bits per heavy atom. The smallest absolute Gasteiger partial charge is 0.272 e. The Morgan fingerprint density at radius 1 is 1.06 bits per heavy atom. The van der Waals surface area contributed by atoms with Gasteiger partial charge in [0.1, 0.15) is 11.5 Å². The van der Waals surface area contributed by atoms with Gasteiger partial charge in [0.25, 0.3) is 11.8 Å². The Morgan fingerprint density at radius 3 is 2.55 bits per heavy atom. The topological polar surface area (TPSA) is 98.8 Å². The second-order valence-corrected chi connectivity index (χ2v) is 7.65. The lowest BCUT2D eigenvalue weighted by Crippen LogP contribution is -2.62. The third-order valence-corrected chi connectivity index (χ3v) is 5.74. The highest BCUT2D eigenvalue weighted by Gasteiger charge is 2.52. The molecule has 1 fully saturated rings. The summed E-state index contributed by atoms with van der Waals surface area (Å²) >= 11 is 0. The molecule has 9 heteroatoms. The van der Waals surface area contributed by atoms with Crippen molar-refractivity contribution in [2.24, 2.45) is 0 Å². The van der Waals surface area contributed by atoms with Crippen molar-refractivity contribution in [3.8, 4) is 0 Å². The number of carbonyl (C=O) groups is 4. The van der Waals surface area contributed by atoms with E-state index in [1.807, 2.05) is 6.92 Å². The Bertz CT molecular complexity index is 1090. The maximum Gasteiger partial charge on any atom is 0.272 e. The number of anilines is 1. The molecule has 4 rings (SSSR count). The van der Waals surface area contributed by atoms with Crippen LogP contribution in [0.5, 0.6) is 0 Å². The molecule has 2 N–H and O–H groups in total. The molecule has 2 aliphatic heterocycles. The van der Waals surface area contributed by atoms with Crippen LogP contribution in [-0.4, -0.2) is 40.7 Å². The largest absolute Gasteiger partial charge is 0.315 e. The minimum Gasteiger partial charge on any atom is -0.315 e. The molecule has 1 atom stereocenters. The van der Waals surface area contributed by atoms with Crippen LogP contribution in [0.15, 0.2) is 48.5 Å². The molecule has 0 radical (unpaired) electrons. The van der Waals surface area contributed by atoms with Crippen LogP contribution in [0.3, 0.4) is 0 Å². The summed E-state index contributed by atoms with van der Waals surface area (Å²) in [5, 5.41) is 0. The van der Waals surface area contributed by atoms with Crippen LogP contribution in [0.4, 0.5) is 10.1 Å². The Kier molecular flexibility index (Phi) is 5.18. The zero-order chi connectivity index (χ0) is 22.2. The second kappa shape index (κ2) is 7.82. The quantitative estimate of drug-likeness (QED) is 0.734. The normalized spacial score (nSPS) is 19.7. The summed E-state index contributed by atoms with van der Waals surface area (Å²) in [6.45, 7) is 1.86. The van der Waals surface area contributed by atoms with Crippen LogP contribution in [0, 0.1) is 5.82 Å². The number of nitrogens with zero attached hydrogens (tertiary/aromatic N) is 2. The highest BCUT2D eigenvalue weighted by molar-refractivity contribution is 6.10. The Labute approximate surface area is 178 Å². The molecule has 0 bridgehead atoms. The molecule has 4 amide bonds. The van der Waals surface area contributed by atoms with Crippen LogP contribution in [0.2, 0.25) is 0 Å². The van der Waals surface area contributed by atoms with E-state index in [2.05, 4.69) is 10.9 Å². The number of rotatable bonds is 4. The van der Waals surface area contributed by atoms with E-state index in [9.17, 15) is 23.6 Å². The fraction of sp³-hybridized carbons (Fsp3) is 0.273. The zero-order valence-corrected chi connectivity index (χ0v) is 16.9. The van der Waals surface area contributed by atoms with Gasteiger partial charge in [-0.2, -0.15) is 0 Å². The van der Waals surface area contributed by atoms with Gasteiger partial charge in [-0.3, -0.25) is 34.9 Å². The molecule has 0 spiro atoms. The summed E-state index contributed by atoms with van der Waals surface area (Å²) in [7, 11) is 0. The molecule has 2 aliphatic rings. The summed E-state index contributed by atoms with van der Waals surface area (Å²) in [6, 6.07) is 12.3. The van der Waals surface area contributed by atoms with Crippen LogP contribution in [-0.2, 0) is 9.59 Å². The van der Waals surface area contributed by atoms with Crippen molar-refractivity contribution >= 4 is 29.3 Å². The van der Waals surface area contributed by atoms with E-state index in [4.69, 9.17) is 0 Å². The molecule has 0 saturated carbocycles. The van der Waals surface area contributed by atoms with Crippen molar-refractivity contribution in [3.63, 3.8) is 0 Å². The molecule has 1 saturated heterocycles. The van der Waals surface area contributed by atoms with Gasteiger partial charge in [-0.15, -0.1) is 0 Å². The van der Waals surface area contributed by atoms with Crippen molar-refractivity contribution in [3.05, 3.63) is 65.5 Å². The predicted octanol–water partition coefficient (Wildman–Crippen LogP) is 1.98. The molecule has 2 aromatic rings. The Hall–Kier alpha value is -3.75. The maximum atomic E-state index is 13.7. The standard InChI is InChI=1S/C22H21FN4O4/c1-22-12-10-19(29)27(22)17-9-5-3-7-15(17)21(31)26(22)13-11-18(28)24-25-20(30)14-6-2-4-8-16(14)23/h2-9H,10-13H2,1H3,(H,24,28)(H,25,30). The fourth-order valence-corrected chi connectivity index (χ4v) is 4.16. The zero-order valence-electron chi connectivity index (χ0n) is 16.9. The number of hydrogen-bond acceptors (Lipinski definition) is 4. The monoisotopic (exact) mass is 424 g/mol. The molecule has 2 heterocycles. The first kappa shape index (κ1) is 20.5. The second-order valence-electron chi connectivity index (χ2n) is 7.65. The maximum absolute atomic E-state index is 13.7. The fourth-order valence-electron chi connectivity index (χ4n) is 4.16. The predicted molar refractivity (Wildman–Crippen MR) is 109 cm³/mol. The van der Waals surface area contributed by atoms with E-state index in [-0.39, 0.29) is 30.3 Å². The van der Waals surface area contributed by atoms with Gasteiger partial charge in [0.05, 0.1) is 16.8 Å². The number of fused-ring (bicyclic) bond motifs is 3. The first-order chi connectivity index (χ1) is 14.8. The lowest BCUT2D eigenvalue weighted by Gasteiger charge is -2.48. The average Bonchev–Trinajstić information content (AvgIpc) is 3.07. The van der Waals surface area contributed by atoms with Gasteiger partial charge in [-0.25, -0.2) is 4.39 Å². The van der Waals surface area contributed by atoms with Crippen molar-refractivity contribution < 1.29 is 23.6 Å². The molecule has 2 aromatic carbocycles. The van der Waals surface area contributed by atoms with Crippen LogP contribution in [0.25, 0.3) is 0 Å². The lowest BCUT2D eigenvalue weighted by atomic mass is 9.98. The number of halogens is 1. The van der Waals surface area contributed by atoms with Gasteiger partial charge in [-0.05, 0) is 37.6 Å². The highest BCUT2D eigenvalue weighted by atomic mass is 19.1. The number of carbonyl (C=O) groups excluding carboxylic acids is 4. The molecule has 8 nitrogen and oxygen atoms in total. The molecular formula is C22H21FN4O4. The minimum absolute atomic E-state index is 0.0504. The summed E-state index contributed by atoms with van der Waals surface area (Å²) < 4.78 is 13.7. The van der Waals surface area contributed by atoms with Crippen LogP contribution < -0.4 is 15.8 Å². The van der Waals surface area contributed by atoms with E-state index in [1.165, 1.54) is 23.1 Å². The van der Waals surface area contributed by atoms with Gasteiger partial charge < -0.3 is 4.90 Å². The van der Waals surface area contributed by atoms with Gasteiger partial charge in [0.2, 0.25) is 11.8 Å². The molecule has 1 unspecified atom stereocenters. The van der Waals surface area contributed by atoms with E-state index < -0.39 is 23.3 Å². The van der Waals surface area contributed by atoms with Crippen molar-refractivity contribution in [1.29, 1.82) is 0 Å². The SMILES string of the molecule is CC12CCC(=O)N1c1ccccc1C(=O)N2CCC(=O)NNC(=O)c1ccccc1F. The minimum atomic E-state index is -0.862. The van der Waals surface area contributed by atoms with E-state index >= 15 is 0 Å². The summed E-state index contributed by atoms with van der Waals surface area (Å²) in [5.41, 5.74) is 4.34. The third-order valence-electron chi connectivity index (χ3n) is 5.74. The molecule has 160 valence electrons. The van der Waals surface area contributed by atoms with Crippen molar-refractivity contribution in [1.82, 2.24) is 15.8 Å². The first-order valence-corrected chi connectivity index (χ1v) is 9.91. The Balaban J connectivity index is 1.44. The molecule has 0 aromatic heterocycles. The van der Waals surface area contributed by atoms with E-state index in [0.29, 0.717) is 24.1 Å². The first-order valence-electron chi connectivity index (χ1n) is 9.91. The number of nitrogens with one attached hydrogen (secondary N) is 2. The number of hydrazine groups is 1. The highest BCUT2D eigenvalue weighted by Crippen LogP contribution is 2.43. The lowest BCUT2D eigenvalue weighted by molar-refractivity contribution is -0.122. The van der Waals surface area contributed by atoms with Crippen LogP contribution >= 0.6 is 0 Å². The number of benzene rings is 2.